The topological polar surface area (TPSA) is 115 Å². The Labute approximate surface area is 178 Å². The third-order valence-corrected chi connectivity index (χ3v) is 5.81. The molecule has 2 N–H and O–H groups in total. The number of aromatic amines is 1. The third kappa shape index (κ3) is 3.68. The zero-order valence-electron chi connectivity index (χ0n) is 17.0. The van der Waals surface area contributed by atoms with E-state index in [1.165, 1.54) is 0 Å². The number of nitriles is 1. The lowest BCUT2D eigenvalue weighted by molar-refractivity contribution is -0.126. The molecule has 1 fully saturated rings. The normalized spacial score (nSPS) is 16.5. The number of fused-ring (bicyclic) bond motifs is 2. The number of amides is 1. The van der Waals surface area contributed by atoms with Gasteiger partial charge in [-0.05, 0) is 42.7 Å². The Hall–Kier alpha value is -3.93. The zero-order valence-corrected chi connectivity index (χ0v) is 17.0. The molecule has 156 valence electrons. The van der Waals surface area contributed by atoms with Gasteiger partial charge in [0.2, 0.25) is 5.91 Å². The smallest absolute Gasteiger partial charge is 0.224 e. The van der Waals surface area contributed by atoms with Crippen molar-refractivity contribution in [1.82, 2.24) is 35.0 Å². The van der Waals surface area contributed by atoms with E-state index in [2.05, 4.69) is 37.7 Å². The molecule has 5 rings (SSSR count). The predicted molar refractivity (Wildman–Crippen MR) is 115 cm³/mol. The summed E-state index contributed by atoms with van der Waals surface area (Å²) in [6.07, 6.45) is 9.83. The van der Waals surface area contributed by atoms with Gasteiger partial charge in [0, 0.05) is 55.1 Å². The first-order valence-corrected chi connectivity index (χ1v) is 10.4. The molecular formula is C22H22N8O. The fourth-order valence-corrected chi connectivity index (χ4v) is 4.24. The van der Waals surface area contributed by atoms with Crippen LogP contribution in [0.25, 0.3) is 27.7 Å². The van der Waals surface area contributed by atoms with Crippen molar-refractivity contribution in [2.45, 2.75) is 19.3 Å². The minimum atomic E-state index is -0.117. The van der Waals surface area contributed by atoms with Gasteiger partial charge >= 0.3 is 0 Å². The van der Waals surface area contributed by atoms with Gasteiger partial charge in [-0.2, -0.15) is 20.1 Å². The number of nitrogens with one attached hydrogen (secondary N) is 2. The molecule has 0 aromatic carbocycles. The van der Waals surface area contributed by atoms with Gasteiger partial charge in [-0.3, -0.25) is 4.79 Å². The molecule has 1 amide bonds. The van der Waals surface area contributed by atoms with E-state index in [9.17, 15) is 4.79 Å². The van der Waals surface area contributed by atoms with Crippen molar-refractivity contribution >= 4 is 22.5 Å². The first kappa shape index (κ1) is 19.1. The standard InChI is InChI=1S/C22H22N8O/c23-14-29-10-2-3-15(13-29)22(31)25-8-5-16-11-18-17(6-9-24-21(18)28-16)19-12-27-30-20(19)4-1-7-26-30/h1,4,6-7,9,11-12,15H,2-3,5,8,10,13H2,(H,24,28)(H,25,31). The summed E-state index contributed by atoms with van der Waals surface area (Å²) in [6.45, 7) is 1.79. The first-order chi connectivity index (χ1) is 15.2. The molecule has 1 unspecified atom stereocenters. The Morgan fingerprint density at radius 1 is 1.29 bits per heavy atom. The molecule has 9 nitrogen and oxygen atoms in total. The van der Waals surface area contributed by atoms with Gasteiger partial charge in [-0.15, -0.1) is 0 Å². The molecule has 1 aliphatic rings. The van der Waals surface area contributed by atoms with Gasteiger partial charge in [0.1, 0.15) is 5.65 Å². The summed E-state index contributed by atoms with van der Waals surface area (Å²) in [4.78, 5) is 22.0. The van der Waals surface area contributed by atoms with Gasteiger partial charge in [0.05, 0.1) is 17.6 Å². The van der Waals surface area contributed by atoms with E-state index in [1.807, 2.05) is 24.4 Å². The number of pyridine rings is 1. The maximum Gasteiger partial charge on any atom is 0.224 e. The molecule has 0 saturated carbocycles. The van der Waals surface area contributed by atoms with E-state index in [-0.39, 0.29) is 11.8 Å². The molecule has 0 bridgehead atoms. The monoisotopic (exact) mass is 414 g/mol. The van der Waals surface area contributed by atoms with E-state index in [0.717, 1.165) is 52.8 Å². The van der Waals surface area contributed by atoms with Crippen molar-refractivity contribution in [3.63, 3.8) is 0 Å². The number of aromatic nitrogens is 5. The first-order valence-electron chi connectivity index (χ1n) is 10.4. The van der Waals surface area contributed by atoms with Crippen molar-refractivity contribution in [2.24, 2.45) is 5.92 Å². The Morgan fingerprint density at radius 2 is 2.23 bits per heavy atom. The lowest BCUT2D eigenvalue weighted by Crippen LogP contribution is -2.41. The highest BCUT2D eigenvalue weighted by Crippen LogP contribution is 2.30. The number of likely N-dealkylation sites (tertiary alicyclic amines) is 1. The molecule has 4 aromatic rings. The van der Waals surface area contributed by atoms with Gasteiger partial charge < -0.3 is 15.2 Å². The minimum Gasteiger partial charge on any atom is -0.355 e. The second kappa shape index (κ2) is 8.07. The molecule has 0 spiro atoms. The predicted octanol–water partition coefficient (Wildman–Crippen LogP) is 2.12. The van der Waals surface area contributed by atoms with Gasteiger partial charge in [0.25, 0.3) is 0 Å². The maximum absolute atomic E-state index is 12.5. The van der Waals surface area contributed by atoms with Crippen LogP contribution in [-0.4, -0.2) is 55.2 Å². The number of hydrogen-bond acceptors (Lipinski definition) is 6. The van der Waals surface area contributed by atoms with Crippen molar-refractivity contribution in [3.8, 4) is 17.3 Å². The highest BCUT2D eigenvalue weighted by atomic mass is 16.1. The summed E-state index contributed by atoms with van der Waals surface area (Å²) in [5.74, 6) is -0.0951. The second-order valence-corrected chi connectivity index (χ2v) is 7.80. The minimum absolute atomic E-state index is 0.0220. The van der Waals surface area contributed by atoms with Crippen LogP contribution >= 0.6 is 0 Å². The number of H-pyrrole nitrogens is 1. The lowest BCUT2D eigenvalue weighted by Gasteiger charge is -2.27. The number of rotatable bonds is 5. The van der Waals surface area contributed by atoms with Crippen LogP contribution in [0.5, 0.6) is 0 Å². The number of carbonyl (C=O) groups excluding carboxylic acids is 1. The second-order valence-electron chi connectivity index (χ2n) is 7.80. The van der Waals surface area contributed by atoms with Crippen LogP contribution in [0.2, 0.25) is 0 Å². The molecule has 0 aliphatic carbocycles. The van der Waals surface area contributed by atoms with E-state index in [1.54, 1.807) is 21.9 Å². The van der Waals surface area contributed by atoms with Gasteiger partial charge in [-0.25, -0.2) is 4.98 Å². The number of hydrogen-bond donors (Lipinski definition) is 2. The van der Waals surface area contributed by atoms with E-state index in [0.29, 0.717) is 19.5 Å². The van der Waals surface area contributed by atoms with Gasteiger partial charge in [-0.1, -0.05) is 0 Å². The van der Waals surface area contributed by atoms with E-state index < -0.39 is 0 Å². The Kier molecular flexibility index (Phi) is 4.96. The van der Waals surface area contributed by atoms with Crippen LogP contribution in [0, 0.1) is 17.4 Å². The Bertz CT molecular complexity index is 1280. The largest absolute Gasteiger partial charge is 0.355 e. The SMILES string of the molecule is N#CN1CCCC(C(=O)NCCc2cc3c(-c4cnn5ncccc45)ccnc3[nH]2)C1. The molecular weight excluding hydrogens is 392 g/mol. The molecule has 1 aliphatic heterocycles. The maximum atomic E-state index is 12.5. The zero-order chi connectivity index (χ0) is 21.2. The van der Waals surface area contributed by atoms with E-state index >= 15 is 0 Å². The number of carbonyl (C=O) groups is 1. The average molecular weight is 414 g/mol. The van der Waals surface area contributed by atoms with Crippen molar-refractivity contribution in [1.29, 1.82) is 5.26 Å². The Balaban J connectivity index is 1.30. The Morgan fingerprint density at radius 3 is 3.13 bits per heavy atom. The van der Waals surface area contributed by atoms with Gasteiger partial charge in [0.15, 0.2) is 6.19 Å². The summed E-state index contributed by atoms with van der Waals surface area (Å²) in [5, 5.41) is 21.7. The number of nitrogens with zero attached hydrogens (tertiary/aromatic N) is 6. The highest BCUT2D eigenvalue weighted by molar-refractivity contribution is 5.97. The van der Waals surface area contributed by atoms with Crippen LogP contribution in [0.4, 0.5) is 0 Å². The van der Waals surface area contributed by atoms with Crippen molar-refractivity contribution < 1.29 is 4.79 Å². The molecule has 1 saturated heterocycles. The van der Waals surface area contributed by atoms with E-state index in [4.69, 9.17) is 5.26 Å². The average Bonchev–Trinajstić information content (AvgIpc) is 3.43. The fourth-order valence-electron chi connectivity index (χ4n) is 4.24. The fraction of sp³-hybridized carbons (Fsp3) is 0.318. The highest BCUT2D eigenvalue weighted by Gasteiger charge is 2.25. The molecule has 31 heavy (non-hydrogen) atoms. The van der Waals surface area contributed by atoms with Crippen LogP contribution in [0.15, 0.2) is 42.9 Å². The van der Waals surface area contributed by atoms with Crippen molar-refractivity contribution in [2.75, 3.05) is 19.6 Å². The summed E-state index contributed by atoms with van der Waals surface area (Å²) in [5.41, 5.74) is 4.78. The van der Waals surface area contributed by atoms with Crippen LogP contribution in [-0.2, 0) is 11.2 Å². The summed E-state index contributed by atoms with van der Waals surface area (Å²) < 4.78 is 1.61. The molecule has 1 atom stereocenters. The lowest BCUT2D eigenvalue weighted by atomic mass is 9.97. The molecule has 4 aromatic heterocycles. The molecule has 5 heterocycles. The number of piperidine rings is 1. The third-order valence-electron chi connectivity index (χ3n) is 5.81. The van der Waals surface area contributed by atoms with Crippen LogP contribution in [0.1, 0.15) is 18.5 Å². The summed E-state index contributed by atoms with van der Waals surface area (Å²) >= 11 is 0. The quantitative estimate of drug-likeness (QED) is 0.484. The summed E-state index contributed by atoms with van der Waals surface area (Å²) in [7, 11) is 0. The van der Waals surface area contributed by atoms with Crippen LogP contribution in [0.3, 0.4) is 0 Å². The summed E-state index contributed by atoms with van der Waals surface area (Å²) in [6, 6.07) is 7.95. The molecule has 9 heteroatoms. The van der Waals surface area contributed by atoms with Crippen molar-refractivity contribution in [3.05, 3.63) is 48.5 Å². The van der Waals surface area contributed by atoms with Crippen LogP contribution < -0.4 is 5.32 Å². The molecule has 0 radical (unpaired) electrons.